The van der Waals surface area contributed by atoms with Crippen LogP contribution in [0.1, 0.15) is 29.0 Å². The first-order chi connectivity index (χ1) is 12.0. The molecule has 132 valence electrons. The van der Waals surface area contributed by atoms with Crippen molar-refractivity contribution in [2.75, 3.05) is 19.8 Å². The number of nitrogens with one attached hydrogen (secondary N) is 1. The number of carbonyl (C=O) groups excluding carboxylic acids is 1. The predicted molar refractivity (Wildman–Crippen MR) is 93.6 cm³/mol. The number of hydrogen-bond acceptors (Lipinski definition) is 5. The van der Waals surface area contributed by atoms with Gasteiger partial charge in [-0.3, -0.25) is 14.9 Å². The summed E-state index contributed by atoms with van der Waals surface area (Å²) in [7, 11) is 0. The van der Waals surface area contributed by atoms with Crippen LogP contribution in [-0.4, -0.2) is 30.6 Å². The second kappa shape index (κ2) is 7.37. The monoisotopic (exact) mass is 408 g/mol. The van der Waals surface area contributed by atoms with Crippen molar-refractivity contribution in [2.24, 2.45) is 0 Å². The third-order valence-corrected chi connectivity index (χ3v) is 4.96. The van der Waals surface area contributed by atoms with Crippen LogP contribution in [0.4, 0.5) is 5.88 Å². The quantitative estimate of drug-likeness (QED) is 0.603. The van der Waals surface area contributed by atoms with Crippen molar-refractivity contribution < 1.29 is 18.9 Å². The Hall–Kier alpha value is -2.19. The number of ether oxygens (including phenoxy) is 1. The Kier molecular flexibility index (Phi) is 5.19. The minimum atomic E-state index is -0.668. The Balaban J connectivity index is 1.76. The first kappa shape index (κ1) is 17.6. The molecule has 0 atom stereocenters. The van der Waals surface area contributed by atoms with Crippen molar-refractivity contribution in [2.45, 2.75) is 18.3 Å². The minimum absolute atomic E-state index is 0.0665. The third kappa shape index (κ3) is 3.91. The third-order valence-electron chi connectivity index (χ3n) is 4.47. The number of furan rings is 1. The van der Waals surface area contributed by atoms with Gasteiger partial charge in [0.1, 0.15) is 4.92 Å². The largest absolute Gasteiger partial charge is 0.433 e. The molecule has 3 rings (SSSR count). The smallest absolute Gasteiger partial charge is 0.395 e. The van der Waals surface area contributed by atoms with Crippen molar-refractivity contribution in [1.82, 2.24) is 5.32 Å². The lowest BCUT2D eigenvalue weighted by Gasteiger charge is -2.38. The zero-order valence-corrected chi connectivity index (χ0v) is 15.0. The Bertz CT molecular complexity index is 783. The number of nitrogens with zero attached hydrogens (tertiary/aromatic N) is 1. The first-order valence-corrected chi connectivity index (χ1v) is 8.66. The van der Waals surface area contributed by atoms with Crippen LogP contribution in [-0.2, 0) is 10.2 Å². The molecule has 2 heterocycles. The summed E-state index contributed by atoms with van der Waals surface area (Å²) in [6.07, 6.45) is 1.56. The van der Waals surface area contributed by atoms with Gasteiger partial charge in [-0.05, 0) is 36.6 Å². The second-order valence-corrected chi connectivity index (χ2v) is 6.90. The van der Waals surface area contributed by atoms with Gasteiger partial charge in [0, 0.05) is 29.6 Å². The van der Waals surface area contributed by atoms with Gasteiger partial charge in [0.2, 0.25) is 0 Å². The van der Waals surface area contributed by atoms with Gasteiger partial charge in [-0.25, -0.2) is 0 Å². The predicted octanol–water partition coefficient (Wildman–Crippen LogP) is 3.43. The molecule has 1 aromatic heterocycles. The standard InChI is InChI=1S/C17H17BrN2O5/c18-13-3-1-2-12(10-13)17(6-8-24-9-7-17)11-19-16(21)14-4-5-15(25-14)20(22)23/h1-5,10H,6-9,11H2,(H,19,21). The van der Waals surface area contributed by atoms with Gasteiger partial charge in [0.25, 0.3) is 5.91 Å². The lowest BCUT2D eigenvalue weighted by atomic mass is 9.74. The summed E-state index contributed by atoms with van der Waals surface area (Å²) in [4.78, 5) is 22.3. The highest BCUT2D eigenvalue weighted by Gasteiger charge is 2.35. The van der Waals surface area contributed by atoms with Crippen LogP contribution in [0, 0.1) is 10.1 Å². The van der Waals surface area contributed by atoms with Gasteiger partial charge >= 0.3 is 5.88 Å². The summed E-state index contributed by atoms with van der Waals surface area (Å²) in [5, 5.41) is 13.5. The van der Waals surface area contributed by atoms with E-state index in [1.165, 1.54) is 12.1 Å². The van der Waals surface area contributed by atoms with E-state index in [1.807, 2.05) is 18.2 Å². The van der Waals surface area contributed by atoms with Crippen molar-refractivity contribution in [3.63, 3.8) is 0 Å². The fourth-order valence-corrected chi connectivity index (χ4v) is 3.43. The topological polar surface area (TPSA) is 94.6 Å². The van der Waals surface area contributed by atoms with Crippen LogP contribution < -0.4 is 5.32 Å². The minimum Gasteiger partial charge on any atom is -0.395 e. The average molecular weight is 409 g/mol. The highest BCUT2D eigenvalue weighted by Crippen LogP contribution is 2.35. The Morgan fingerprint density at radius 1 is 1.28 bits per heavy atom. The van der Waals surface area contributed by atoms with Crippen LogP contribution in [0.15, 0.2) is 45.3 Å². The maximum absolute atomic E-state index is 12.3. The van der Waals surface area contributed by atoms with E-state index in [2.05, 4.69) is 27.3 Å². The molecule has 0 radical (unpaired) electrons. The number of rotatable bonds is 5. The number of halogens is 1. The summed E-state index contributed by atoms with van der Waals surface area (Å²) >= 11 is 3.49. The van der Waals surface area contributed by atoms with Crippen molar-refractivity contribution in [3.8, 4) is 0 Å². The lowest BCUT2D eigenvalue weighted by Crippen LogP contribution is -2.44. The van der Waals surface area contributed by atoms with Gasteiger partial charge in [0.05, 0.1) is 6.07 Å². The van der Waals surface area contributed by atoms with Gasteiger partial charge in [0.15, 0.2) is 5.76 Å². The Labute approximate surface area is 152 Å². The fraction of sp³-hybridized carbons (Fsp3) is 0.353. The molecule has 0 aliphatic carbocycles. The molecule has 8 heteroatoms. The van der Waals surface area contributed by atoms with E-state index in [4.69, 9.17) is 9.15 Å². The molecular weight excluding hydrogens is 392 g/mol. The SMILES string of the molecule is O=C(NCC1(c2cccc(Br)c2)CCOCC1)c1ccc([N+](=O)[O-])o1. The highest BCUT2D eigenvalue weighted by molar-refractivity contribution is 9.10. The van der Waals surface area contributed by atoms with E-state index in [0.29, 0.717) is 19.8 Å². The first-order valence-electron chi connectivity index (χ1n) is 7.86. The van der Waals surface area contributed by atoms with Crippen LogP contribution >= 0.6 is 15.9 Å². The van der Waals surface area contributed by atoms with E-state index in [0.717, 1.165) is 22.9 Å². The summed E-state index contributed by atoms with van der Waals surface area (Å²) in [5.74, 6) is -0.977. The van der Waals surface area contributed by atoms with Crippen molar-refractivity contribution >= 4 is 27.7 Å². The molecule has 0 saturated carbocycles. The van der Waals surface area contributed by atoms with E-state index in [-0.39, 0.29) is 11.2 Å². The van der Waals surface area contributed by atoms with E-state index < -0.39 is 16.7 Å². The van der Waals surface area contributed by atoms with Gasteiger partial charge in [-0.1, -0.05) is 28.1 Å². The van der Waals surface area contributed by atoms with Crippen LogP contribution in [0.2, 0.25) is 0 Å². The molecule has 1 aliphatic rings. The summed E-state index contributed by atoms with van der Waals surface area (Å²) in [6, 6.07) is 10.5. The molecule has 1 aliphatic heterocycles. The zero-order chi connectivity index (χ0) is 17.9. The lowest BCUT2D eigenvalue weighted by molar-refractivity contribution is -0.402. The Morgan fingerprint density at radius 3 is 2.68 bits per heavy atom. The molecule has 1 amide bonds. The number of hydrogen-bond donors (Lipinski definition) is 1. The van der Waals surface area contributed by atoms with E-state index >= 15 is 0 Å². The van der Waals surface area contributed by atoms with Crippen LogP contribution in [0.25, 0.3) is 0 Å². The highest BCUT2D eigenvalue weighted by atomic mass is 79.9. The normalized spacial score (nSPS) is 16.4. The molecule has 0 spiro atoms. The van der Waals surface area contributed by atoms with Crippen LogP contribution in [0.3, 0.4) is 0 Å². The molecule has 0 bridgehead atoms. The molecule has 0 unspecified atom stereocenters. The van der Waals surface area contributed by atoms with Crippen LogP contribution in [0.5, 0.6) is 0 Å². The fourth-order valence-electron chi connectivity index (χ4n) is 3.03. The molecule has 1 saturated heterocycles. The van der Waals surface area contributed by atoms with Crippen molar-refractivity contribution in [3.05, 3.63) is 62.3 Å². The number of benzene rings is 1. The molecular formula is C17H17BrN2O5. The van der Waals surface area contributed by atoms with Crippen molar-refractivity contribution in [1.29, 1.82) is 0 Å². The molecule has 1 fully saturated rings. The number of carbonyl (C=O) groups is 1. The maximum atomic E-state index is 12.3. The summed E-state index contributed by atoms with van der Waals surface area (Å²) < 4.78 is 11.4. The van der Waals surface area contributed by atoms with Gasteiger partial charge < -0.3 is 14.5 Å². The molecule has 1 aromatic carbocycles. The number of nitro groups is 1. The average Bonchev–Trinajstić information content (AvgIpc) is 3.11. The second-order valence-electron chi connectivity index (χ2n) is 5.98. The van der Waals surface area contributed by atoms with Gasteiger partial charge in [-0.2, -0.15) is 0 Å². The Morgan fingerprint density at radius 2 is 2.04 bits per heavy atom. The van der Waals surface area contributed by atoms with Gasteiger partial charge in [-0.15, -0.1) is 0 Å². The van der Waals surface area contributed by atoms with E-state index in [9.17, 15) is 14.9 Å². The maximum Gasteiger partial charge on any atom is 0.433 e. The summed E-state index contributed by atoms with van der Waals surface area (Å²) in [5.41, 5.74) is 0.881. The summed E-state index contributed by atoms with van der Waals surface area (Å²) in [6.45, 7) is 1.64. The molecule has 2 aromatic rings. The molecule has 7 nitrogen and oxygen atoms in total. The molecule has 25 heavy (non-hydrogen) atoms. The molecule has 1 N–H and O–H groups in total. The zero-order valence-electron chi connectivity index (χ0n) is 13.4. The number of amides is 1. The van der Waals surface area contributed by atoms with E-state index in [1.54, 1.807) is 0 Å².